The third kappa shape index (κ3) is 3.79. The highest BCUT2D eigenvalue weighted by molar-refractivity contribution is 9.10. The molecule has 2 rings (SSSR count). The van der Waals surface area contributed by atoms with Crippen LogP contribution in [-0.2, 0) is 11.2 Å². The van der Waals surface area contributed by atoms with Crippen molar-refractivity contribution in [2.45, 2.75) is 6.42 Å². The fraction of sp³-hybridized carbons (Fsp3) is 0.0714. The van der Waals surface area contributed by atoms with Gasteiger partial charge < -0.3 is 10.4 Å². The molecule has 1 amide bonds. The van der Waals surface area contributed by atoms with Gasteiger partial charge in [-0.1, -0.05) is 28.1 Å². The summed E-state index contributed by atoms with van der Waals surface area (Å²) in [6.07, 6.45) is 0.204. The summed E-state index contributed by atoms with van der Waals surface area (Å²) in [6, 6.07) is 11.1. The average Bonchev–Trinajstić information content (AvgIpc) is 2.37. The van der Waals surface area contributed by atoms with Crippen molar-refractivity contribution in [3.05, 3.63) is 58.3 Å². The molecule has 0 heterocycles. The van der Waals surface area contributed by atoms with Crippen LogP contribution in [0.15, 0.2) is 46.9 Å². The summed E-state index contributed by atoms with van der Waals surface area (Å²) in [4.78, 5) is 11.8. The molecule has 0 bridgehead atoms. The quantitative estimate of drug-likeness (QED) is 0.850. The first-order valence-corrected chi connectivity index (χ1v) is 6.37. The van der Waals surface area contributed by atoms with E-state index in [0.29, 0.717) is 5.69 Å². The van der Waals surface area contributed by atoms with Crippen LogP contribution in [0.5, 0.6) is 5.75 Å². The molecule has 3 nitrogen and oxygen atoms in total. The maximum absolute atomic E-state index is 13.1. The van der Waals surface area contributed by atoms with Gasteiger partial charge in [0.25, 0.3) is 0 Å². The molecular weight excluding hydrogens is 313 g/mol. The van der Waals surface area contributed by atoms with E-state index in [0.717, 1.165) is 16.1 Å². The number of hydrogen-bond acceptors (Lipinski definition) is 2. The summed E-state index contributed by atoms with van der Waals surface area (Å²) < 4.78 is 14.0. The second kappa shape index (κ2) is 5.84. The Bertz CT molecular complexity index is 599. The molecule has 2 N–H and O–H groups in total. The van der Waals surface area contributed by atoms with Crippen molar-refractivity contribution in [2.75, 3.05) is 5.32 Å². The van der Waals surface area contributed by atoms with E-state index in [-0.39, 0.29) is 12.3 Å². The van der Waals surface area contributed by atoms with Crippen LogP contribution in [-0.4, -0.2) is 11.0 Å². The lowest BCUT2D eigenvalue weighted by Gasteiger charge is -2.06. The minimum Gasteiger partial charge on any atom is -0.505 e. The van der Waals surface area contributed by atoms with Crippen LogP contribution in [0.3, 0.4) is 0 Å². The van der Waals surface area contributed by atoms with Crippen molar-refractivity contribution < 1.29 is 14.3 Å². The molecule has 0 aliphatic rings. The Balaban J connectivity index is 2.01. The summed E-state index contributed by atoms with van der Waals surface area (Å²) in [5.41, 5.74) is 1.18. The van der Waals surface area contributed by atoms with E-state index in [1.165, 1.54) is 12.1 Å². The predicted octanol–water partition coefficient (Wildman–Crippen LogP) is 3.48. The second-order valence-corrected chi connectivity index (χ2v) is 4.93. The average molecular weight is 324 g/mol. The Morgan fingerprint density at radius 3 is 2.53 bits per heavy atom. The molecule has 0 spiro atoms. The molecule has 2 aromatic rings. The molecule has 0 radical (unpaired) electrons. The number of nitrogens with one attached hydrogen (secondary N) is 1. The topological polar surface area (TPSA) is 49.3 Å². The molecule has 98 valence electrons. The maximum Gasteiger partial charge on any atom is 0.228 e. The van der Waals surface area contributed by atoms with Crippen LogP contribution in [0, 0.1) is 5.82 Å². The van der Waals surface area contributed by atoms with Crippen LogP contribution in [0.1, 0.15) is 5.56 Å². The zero-order valence-electron chi connectivity index (χ0n) is 9.86. The van der Waals surface area contributed by atoms with Gasteiger partial charge in [0.2, 0.25) is 5.91 Å². The summed E-state index contributed by atoms with van der Waals surface area (Å²) in [5, 5.41) is 11.6. The summed E-state index contributed by atoms with van der Waals surface area (Å²) >= 11 is 3.31. The number of benzene rings is 2. The highest BCUT2D eigenvalue weighted by Gasteiger charge is 2.06. The van der Waals surface area contributed by atoms with Crippen molar-refractivity contribution in [3.8, 4) is 5.75 Å². The molecule has 0 aliphatic carbocycles. The van der Waals surface area contributed by atoms with Gasteiger partial charge in [-0.05, 0) is 29.8 Å². The van der Waals surface area contributed by atoms with Crippen LogP contribution < -0.4 is 5.32 Å². The minimum atomic E-state index is -0.763. The van der Waals surface area contributed by atoms with Crippen LogP contribution >= 0.6 is 15.9 Å². The first kappa shape index (κ1) is 13.5. The van der Waals surface area contributed by atoms with Gasteiger partial charge in [0, 0.05) is 16.2 Å². The third-order valence-corrected chi connectivity index (χ3v) is 3.04. The Morgan fingerprint density at radius 2 is 1.89 bits per heavy atom. The van der Waals surface area contributed by atoms with Crippen LogP contribution in [0.4, 0.5) is 10.1 Å². The standard InChI is InChI=1S/C14H11BrFNO2/c15-10-3-1-9(2-4-10)7-14(19)17-11-5-6-13(18)12(16)8-11/h1-6,8,18H,7H2,(H,17,19). The van der Waals surface area contributed by atoms with Gasteiger partial charge in [0.05, 0.1) is 6.42 Å². The Kier molecular flexibility index (Phi) is 4.16. The lowest BCUT2D eigenvalue weighted by molar-refractivity contribution is -0.115. The molecule has 5 heteroatoms. The molecule has 2 aromatic carbocycles. The zero-order valence-corrected chi connectivity index (χ0v) is 11.4. The van der Waals surface area contributed by atoms with E-state index in [9.17, 15) is 9.18 Å². The number of carbonyl (C=O) groups excluding carboxylic acids is 1. The lowest BCUT2D eigenvalue weighted by Crippen LogP contribution is -2.14. The minimum absolute atomic E-state index is 0.204. The number of aromatic hydroxyl groups is 1. The molecule has 0 saturated carbocycles. The SMILES string of the molecule is O=C(Cc1ccc(Br)cc1)Nc1ccc(O)c(F)c1. The van der Waals surface area contributed by atoms with E-state index in [4.69, 9.17) is 5.11 Å². The largest absolute Gasteiger partial charge is 0.505 e. The predicted molar refractivity (Wildman–Crippen MR) is 74.5 cm³/mol. The van der Waals surface area contributed by atoms with Gasteiger partial charge in [-0.2, -0.15) is 0 Å². The number of anilines is 1. The number of hydrogen-bond donors (Lipinski definition) is 2. The maximum atomic E-state index is 13.1. The monoisotopic (exact) mass is 323 g/mol. The summed E-state index contributed by atoms with van der Waals surface area (Å²) in [7, 11) is 0. The molecular formula is C14H11BrFNO2. The number of amides is 1. The van der Waals surface area contributed by atoms with Crippen molar-refractivity contribution in [2.24, 2.45) is 0 Å². The Hall–Kier alpha value is -1.88. The number of carbonyl (C=O) groups is 1. The zero-order chi connectivity index (χ0) is 13.8. The van der Waals surface area contributed by atoms with Crippen molar-refractivity contribution in [3.63, 3.8) is 0 Å². The highest BCUT2D eigenvalue weighted by atomic mass is 79.9. The fourth-order valence-electron chi connectivity index (χ4n) is 1.58. The van der Waals surface area contributed by atoms with Gasteiger partial charge >= 0.3 is 0 Å². The third-order valence-electron chi connectivity index (χ3n) is 2.51. The second-order valence-electron chi connectivity index (χ2n) is 4.02. The van der Waals surface area contributed by atoms with Gasteiger partial charge in [-0.25, -0.2) is 4.39 Å². The smallest absolute Gasteiger partial charge is 0.228 e. The Labute approximate surface area is 118 Å². The molecule has 0 aliphatic heterocycles. The van der Waals surface area contributed by atoms with Gasteiger partial charge in [-0.3, -0.25) is 4.79 Å². The van der Waals surface area contributed by atoms with Crippen molar-refractivity contribution >= 4 is 27.5 Å². The number of phenolic OH excluding ortho intramolecular Hbond substituents is 1. The number of rotatable bonds is 3. The first-order valence-electron chi connectivity index (χ1n) is 5.57. The van der Waals surface area contributed by atoms with Crippen molar-refractivity contribution in [1.29, 1.82) is 0 Å². The summed E-state index contributed by atoms with van der Waals surface area (Å²) in [5.74, 6) is -1.44. The Morgan fingerprint density at radius 1 is 1.21 bits per heavy atom. The van der Waals surface area contributed by atoms with E-state index < -0.39 is 11.6 Å². The van der Waals surface area contributed by atoms with Crippen LogP contribution in [0.25, 0.3) is 0 Å². The van der Waals surface area contributed by atoms with Gasteiger partial charge in [0.1, 0.15) is 0 Å². The normalized spacial score (nSPS) is 10.2. The summed E-state index contributed by atoms with van der Waals surface area (Å²) in [6.45, 7) is 0. The molecule has 0 saturated heterocycles. The molecule has 0 aromatic heterocycles. The van der Waals surface area contributed by atoms with E-state index in [2.05, 4.69) is 21.2 Å². The highest BCUT2D eigenvalue weighted by Crippen LogP contribution is 2.19. The first-order chi connectivity index (χ1) is 9.04. The van der Waals surface area contributed by atoms with E-state index in [1.54, 1.807) is 0 Å². The molecule has 19 heavy (non-hydrogen) atoms. The fourth-order valence-corrected chi connectivity index (χ4v) is 1.84. The number of phenols is 1. The molecule has 0 unspecified atom stereocenters. The van der Waals surface area contributed by atoms with Gasteiger partial charge in [-0.15, -0.1) is 0 Å². The lowest BCUT2D eigenvalue weighted by atomic mass is 10.1. The van der Waals surface area contributed by atoms with E-state index >= 15 is 0 Å². The van der Waals surface area contributed by atoms with Crippen molar-refractivity contribution in [1.82, 2.24) is 0 Å². The number of halogens is 2. The molecule has 0 fully saturated rings. The van der Waals surface area contributed by atoms with E-state index in [1.807, 2.05) is 24.3 Å². The van der Waals surface area contributed by atoms with Gasteiger partial charge in [0.15, 0.2) is 11.6 Å². The van der Waals surface area contributed by atoms with Crippen LogP contribution in [0.2, 0.25) is 0 Å². The molecule has 0 atom stereocenters.